The largest absolute Gasteiger partial charge is 0.497 e. The Morgan fingerprint density at radius 2 is 1.95 bits per heavy atom. The highest BCUT2D eigenvalue weighted by Gasteiger charge is 2.03. The highest BCUT2D eigenvalue weighted by atomic mass is 35.5. The summed E-state index contributed by atoms with van der Waals surface area (Å²) in [5, 5.41) is 6.35. The Morgan fingerprint density at radius 3 is 2.73 bits per heavy atom. The van der Waals surface area contributed by atoms with Gasteiger partial charge in [0.1, 0.15) is 5.75 Å². The van der Waals surface area contributed by atoms with Crippen LogP contribution < -0.4 is 15.4 Å². The van der Waals surface area contributed by atoms with Crippen LogP contribution in [0.2, 0.25) is 5.02 Å². The fraction of sp³-hybridized carbons (Fsp3) is 0.235. The monoisotopic (exact) mass is 318 g/mol. The van der Waals surface area contributed by atoms with Crippen molar-refractivity contribution < 1.29 is 9.53 Å². The van der Waals surface area contributed by atoms with E-state index in [-0.39, 0.29) is 6.03 Å². The molecule has 0 spiro atoms. The standard InChI is InChI=1S/C17H19ClN2O2/c1-22-15-7-4-5-13(11-15)12-20-17(21)19-10-9-14-6-2-3-8-16(14)18/h2-8,11H,9-10,12H2,1H3,(H2,19,20,21). The van der Waals surface area contributed by atoms with Crippen molar-refractivity contribution >= 4 is 17.6 Å². The summed E-state index contributed by atoms with van der Waals surface area (Å²) in [6.45, 7) is 0.989. The Hall–Kier alpha value is -2.20. The van der Waals surface area contributed by atoms with E-state index in [1.165, 1.54) is 0 Å². The van der Waals surface area contributed by atoms with Gasteiger partial charge < -0.3 is 15.4 Å². The average molecular weight is 319 g/mol. The van der Waals surface area contributed by atoms with Crippen molar-refractivity contribution in [1.82, 2.24) is 10.6 Å². The number of nitrogens with one attached hydrogen (secondary N) is 2. The quantitative estimate of drug-likeness (QED) is 0.857. The highest BCUT2D eigenvalue weighted by molar-refractivity contribution is 6.31. The van der Waals surface area contributed by atoms with Gasteiger partial charge in [-0.2, -0.15) is 0 Å². The van der Waals surface area contributed by atoms with Crippen molar-refractivity contribution in [3.8, 4) is 5.75 Å². The van der Waals surface area contributed by atoms with Crippen LogP contribution in [0.25, 0.3) is 0 Å². The van der Waals surface area contributed by atoms with Gasteiger partial charge >= 0.3 is 6.03 Å². The summed E-state index contributed by atoms with van der Waals surface area (Å²) in [6.07, 6.45) is 0.701. The van der Waals surface area contributed by atoms with Crippen molar-refractivity contribution in [1.29, 1.82) is 0 Å². The zero-order chi connectivity index (χ0) is 15.8. The third-order valence-electron chi connectivity index (χ3n) is 3.22. The van der Waals surface area contributed by atoms with Gasteiger partial charge in [0.05, 0.1) is 7.11 Å². The first-order valence-corrected chi connectivity index (χ1v) is 7.45. The molecule has 0 bridgehead atoms. The second kappa shape index (κ2) is 8.29. The molecular weight excluding hydrogens is 300 g/mol. The number of urea groups is 1. The molecule has 0 aromatic heterocycles. The molecule has 2 aromatic rings. The lowest BCUT2D eigenvalue weighted by Crippen LogP contribution is -2.36. The number of methoxy groups -OCH3 is 1. The van der Waals surface area contributed by atoms with Crippen LogP contribution in [0.4, 0.5) is 4.79 Å². The Labute approximate surface area is 135 Å². The van der Waals surface area contributed by atoms with Crippen LogP contribution in [0.15, 0.2) is 48.5 Å². The predicted molar refractivity (Wildman–Crippen MR) is 88.4 cm³/mol. The minimum atomic E-state index is -0.199. The second-order valence-corrected chi connectivity index (χ2v) is 5.21. The number of hydrogen-bond acceptors (Lipinski definition) is 2. The van der Waals surface area contributed by atoms with Crippen molar-refractivity contribution in [2.24, 2.45) is 0 Å². The van der Waals surface area contributed by atoms with Gasteiger partial charge in [-0.15, -0.1) is 0 Å². The fourth-order valence-corrected chi connectivity index (χ4v) is 2.27. The van der Waals surface area contributed by atoms with E-state index >= 15 is 0 Å². The van der Waals surface area contributed by atoms with E-state index in [0.717, 1.165) is 21.9 Å². The van der Waals surface area contributed by atoms with Crippen LogP contribution in [0.5, 0.6) is 5.75 Å². The van der Waals surface area contributed by atoms with Gasteiger partial charge in [-0.3, -0.25) is 0 Å². The first-order chi connectivity index (χ1) is 10.7. The summed E-state index contributed by atoms with van der Waals surface area (Å²) in [6, 6.07) is 15.0. The van der Waals surface area contributed by atoms with Crippen molar-refractivity contribution in [2.75, 3.05) is 13.7 Å². The summed E-state index contributed by atoms with van der Waals surface area (Å²) in [5.74, 6) is 0.776. The zero-order valence-electron chi connectivity index (χ0n) is 12.4. The first kappa shape index (κ1) is 16.2. The van der Waals surface area contributed by atoms with Crippen LogP contribution >= 0.6 is 11.6 Å². The molecule has 5 heteroatoms. The molecule has 0 saturated heterocycles. The number of carbonyl (C=O) groups is 1. The molecule has 0 aliphatic heterocycles. The maximum absolute atomic E-state index is 11.8. The lowest BCUT2D eigenvalue weighted by molar-refractivity contribution is 0.240. The number of ether oxygens (including phenoxy) is 1. The van der Waals surface area contributed by atoms with Gasteiger partial charge in [0.2, 0.25) is 0 Å². The third kappa shape index (κ3) is 4.97. The molecule has 0 fully saturated rings. The summed E-state index contributed by atoms with van der Waals surface area (Å²) in [5.41, 5.74) is 2.01. The molecule has 2 amide bonds. The fourth-order valence-electron chi connectivity index (χ4n) is 2.04. The molecule has 0 unspecified atom stereocenters. The van der Waals surface area contributed by atoms with Gasteiger partial charge in [-0.05, 0) is 35.7 Å². The van der Waals surface area contributed by atoms with Gasteiger partial charge in [-0.25, -0.2) is 4.79 Å². The van der Waals surface area contributed by atoms with E-state index in [0.29, 0.717) is 19.5 Å². The van der Waals surface area contributed by atoms with E-state index < -0.39 is 0 Å². The molecule has 0 atom stereocenters. The molecule has 0 radical (unpaired) electrons. The molecule has 2 rings (SSSR count). The number of amides is 2. The average Bonchev–Trinajstić information content (AvgIpc) is 2.55. The van der Waals surface area contributed by atoms with E-state index in [2.05, 4.69) is 10.6 Å². The van der Waals surface area contributed by atoms with E-state index in [4.69, 9.17) is 16.3 Å². The molecule has 116 valence electrons. The molecule has 0 heterocycles. The number of hydrogen-bond donors (Lipinski definition) is 2. The van der Waals surface area contributed by atoms with Crippen LogP contribution in [0.3, 0.4) is 0 Å². The minimum absolute atomic E-state index is 0.199. The smallest absolute Gasteiger partial charge is 0.315 e. The van der Waals surface area contributed by atoms with E-state index in [1.54, 1.807) is 7.11 Å². The molecular formula is C17H19ClN2O2. The Balaban J connectivity index is 1.73. The molecule has 2 aromatic carbocycles. The summed E-state index contributed by atoms with van der Waals surface area (Å²) < 4.78 is 5.15. The van der Waals surface area contributed by atoms with Crippen molar-refractivity contribution in [3.05, 3.63) is 64.7 Å². The minimum Gasteiger partial charge on any atom is -0.497 e. The maximum Gasteiger partial charge on any atom is 0.315 e. The van der Waals surface area contributed by atoms with Crippen LogP contribution in [0.1, 0.15) is 11.1 Å². The van der Waals surface area contributed by atoms with Crippen LogP contribution in [0, 0.1) is 0 Å². The Morgan fingerprint density at radius 1 is 1.14 bits per heavy atom. The lowest BCUT2D eigenvalue weighted by atomic mass is 10.1. The molecule has 4 nitrogen and oxygen atoms in total. The molecule has 0 aliphatic rings. The molecule has 2 N–H and O–H groups in total. The number of carbonyl (C=O) groups excluding carboxylic acids is 1. The van der Waals surface area contributed by atoms with Crippen molar-refractivity contribution in [3.63, 3.8) is 0 Å². The molecule has 0 saturated carbocycles. The number of benzene rings is 2. The van der Waals surface area contributed by atoms with Crippen LogP contribution in [-0.4, -0.2) is 19.7 Å². The van der Waals surface area contributed by atoms with E-state index in [1.807, 2.05) is 48.5 Å². The van der Waals surface area contributed by atoms with Gasteiger partial charge in [0.15, 0.2) is 0 Å². The first-order valence-electron chi connectivity index (χ1n) is 7.07. The van der Waals surface area contributed by atoms with Gasteiger partial charge in [-0.1, -0.05) is 41.9 Å². The third-order valence-corrected chi connectivity index (χ3v) is 3.59. The predicted octanol–water partition coefficient (Wildman–Crippen LogP) is 3.39. The number of rotatable bonds is 6. The Bertz CT molecular complexity index is 632. The van der Waals surface area contributed by atoms with Gasteiger partial charge in [0.25, 0.3) is 0 Å². The topological polar surface area (TPSA) is 50.4 Å². The van der Waals surface area contributed by atoms with E-state index in [9.17, 15) is 4.79 Å². The van der Waals surface area contributed by atoms with Gasteiger partial charge in [0, 0.05) is 18.1 Å². The lowest BCUT2D eigenvalue weighted by Gasteiger charge is -2.09. The second-order valence-electron chi connectivity index (χ2n) is 4.80. The van der Waals surface area contributed by atoms with Crippen molar-refractivity contribution in [2.45, 2.75) is 13.0 Å². The summed E-state index contributed by atoms with van der Waals surface area (Å²) >= 11 is 6.07. The Kier molecular flexibility index (Phi) is 6.10. The summed E-state index contributed by atoms with van der Waals surface area (Å²) in [4.78, 5) is 11.8. The molecule has 0 aliphatic carbocycles. The SMILES string of the molecule is COc1cccc(CNC(=O)NCCc2ccccc2Cl)c1. The molecule has 22 heavy (non-hydrogen) atoms. The number of halogens is 1. The normalized spacial score (nSPS) is 10.1. The zero-order valence-corrected chi connectivity index (χ0v) is 13.2. The summed E-state index contributed by atoms with van der Waals surface area (Å²) in [7, 11) is 1.62. The highest BCUT2D eigenvalue weighted by Crippen LogP contribution is 2.15. The maximum atomic E-state index is 11.8. The van der Waals surface area contributed by atoms with Crippen LogP contribution in [-0.2, 0) is 13.0 Å².